The summed E-state index contributed by atoms with van der Waals surface area (Å²) in [6, 6.07) is 8.08. The molecule has 3 N–H and O–H groups in total. The molecule has 1 heterocycles. The van der Waals surface area contributed by atoms with Gasteiger partial charge in [0, 0.05) is 5.69 Å². The summed E-state index contributed by atoms with van der Waals surface area (Å²) in [7, 11) is 0. The number of carbonyl (C=O) groups excluding carboxylic acids is 1. The van der Waals surface area contributed by atoms with E-state index in [-0.39, 0.29) is 17.4 Å². The largest absolute Gasteiger partial charge is 0.508 e. The lowest BCUT2D eigenvalue weighted by molar-refractivity contribution is 0.0950. The molecule has 0 unspecified atom stereocenters. The zero-order valence-corrected chi connectivity index (χ0v) is 9.71. The lowest BCUT2D eigenvalue weighted by atomic mass is 10.2. The molecule has 1 aromatic heterocycles. The Hall–Kier alpha value is -2.63. The number of aromatic nitrogens is 2. The second kappa shape index (κ2) is 5.13. The third-order valence-electron chi connectivity index (χ3n) is 2.21. The molecule has 6 heteroatoms. The van der Waals surface area contributed by atoms with Crippen LogP contribution in [0.15, 0.2) is 35.4 Å². The molecule has 0 spiro atoms. The first-order chi connectivity index (χ1) is 8.65. The molecule has 1 amide bonds. The van der Waals surface area contributed by atoms with Gasteiger partial charge in [0.25, 0.3) is 5.91 Å². The lowest BCUT2D eigenvalue weighted by Crippen LogP contribution is -2.17. The fourth-order valence-corrected chi connectivity index (χ4v) is 1.32. The number of nitrogens with zero attached hydrogens (tertiary/aromatic N) is 2. The summed E-state index contributed by atoms with van der Waals surface area (Å²) in [5.74, 6) is -0.197. The van der Waals surface area contributed by atoms with Crippen LogP contribution in [0.4, 0.5) is 0 Å². The minimum atomic E-state index is -0.380. The molecule has 92 valence electrons. The van der Waals surface area contributed by atoms with Gasteiger partial charge in [-0.2, -0.15) is 10.2 Å². The van der Waals surface area contributed by atoms with Gasteiger partial charge in [-0.05, 0) is 42.8 Å². The molecule has 6 nitrogen and oxygen atoms in total. The van der Waals surface area contributed by atoms with Gasteiger partial charge >= 0.3 is 0 Å². The lowest BCUT2D eigenvalue weighted by Gasteiger charge is -1.95. The van der Waals surface area contributed by atoms with Crippen LogP contribution in [0.3, 0.4) is 0 Å². The van der Waals surface area contributed by atoms with E-state index in [0.29, 0.717) is 0 Å². The molecule has 0 radical (unpaired) electrons. The molecule has 0 fully saturated rings. The van der Waals surface area contributed by atoms with E-state index in [1.807, 2.05) is 6.92 Å². The summed E-state index contributed by atoms with van der Waals surface area (Å²) in [5.41, 5.74) is 4.23. The monoisotopic (exact) mass is 244 g/mol. The van der Waals surface area contributed by atoms with Crippen LogP contribution in [0.1, 0.15) is 21.7 Å². The van der Waals surface area contributed by atoms with Crippen molar-refractivity contribution in [3.8, 4) is 5.75 Å². The molecule has 0 atom stereocenters. The predicted molar refractivity (Wildman–Crippen MR) is 66.5 cm³/mol. The van der Waals surface area contributed by atoms with Crippen LogP contribution >= 0.6 is 0 Å². The highest BCUT2D eigenvalue weighted by Gasteiger charge is 2.06. The van der Waals surface area contributed by atoms with Crippen LogP contribution in [0.2, 0.25) is 0 Å². The highest BCUT2D eigenvalue weighted by Crippen LogP contribution is 2.07. The van der Waals surface area contributed by atoms with E-state index in [4.69, 9.17) is 5.11 Å². The smallest absolute Gasteiger partial charge is 0.291 e. The van der Waals surface area contributed by atoms with Gasteiger partial charge in [0.05, 0.1) is 6.21 Å². The molecule has 1 aromatic carbocycles. The van der Waals surface area contributed by atoms with Crippen molar-refractivity contribution < 1.29 is 9.90 Å². The first kappa shape index (κ1) is 11.8. The van der Waals surface area contributed by atoms with Crippen LogP contribution in [-0.2, 0) is 0 Å². The molecular weight excluding hydrogens is 232 g/mol. The molecule has 0 saturated carbocycles. The average Bonchev–Trinajstić information content (AvgIpc) is 2.78. The number of hydrazone groups is 1. The molecule has 0 aliphatic rings. The number of aryl methyl sites for hydroxylation is 1. The van der Waals surface area contributed by atoms with Crippen LogP contribution < -0.4 is 5.43 Å². The minimum Gasteiger partial charge on any atom is -0.508 e. The Bertz CT molecular complexity index is 572. The number of carbonyl (C=O) groups is 1. The van der Waals surface area contributed by atoms with Crippen molar-refractivity contribution in [1.29, 1.82) is 0 Å². The van der Waals surface area contributed by atoms with Gasteiger partial charge in [0.2, 0.25) is 0 Å². The minimum absolute atomic E-state index is 0.184. The van der Waals surface area contributed by atoms with Gasteiger partial charge in [0.15, 0.2) is 5.69 Å². The van der Waals surface area contributed by atoms with Crippen molar-refractivity contribution >= 4 is 12.1 Å². The number of hydrogen-bond donors (Lipinski definition) is 3. The van der Waals surface area contributed by atoms with Gasteiger partial charge in [0.1, 0.15) is 5.75 Å². The maximum Gasteiger partial charge on any atom is 0.291 e. The van der Waals surface area contributed by atoms with E-state index in [2.05, 4.69) is 20.7 Å². The maximum atomic E-state index is 11.6. The summed E-state index contributed by atoms with van der Waals surface area (Å²) < 4.78 is 0. The Labute approximate surface area is 103 Å². The zero-order chi connectivity index (χ0) is 13.0. The number of phenolic OH excluding ortho intramolecular Hbond substituents is 1. The Kier molecular flexibility index (Phi) is 3.38. The van der Waals surface area contributed by atoms with Crippen molar-refractivity contribution in [2.45, 2.75) is 6.92 Å². The van der Waals surface area contributed by atoms with E-state index in [9.17, 15) is 4.79 Å². The Balaban J connectivity index is 1.95. The fourth-order valence-electron chi connectivity index (χ4n) is 1.32. The second-order valence-corrected chi connectivity index (χ2v) is 3.73. The number of amides is 1. The number of aromatic hydroxyl groups is 1. The van der Waals surface area contributed by atoms with Crippen LogP contribution in [0.25, 0.3) is 0 Å². The van der Waals surface area contributed by atoms with E-state index in [1.54, 1.807) is 30.3 Å². The topological polar surface area (TPSA) is 90.4 Å². The van der Waals surface area contributed by atoms with E-state index in [0.717, 1.165) is 11.3 Å². The standard InChI is InChI=1S/C12H12N4O2/c1-8-6-11(15-14-8)12(18)16-13-7-9-2-4-10(17)5-3-9/h2-7,17H,1H3,(H,14,15)(H,16,18)/b13-7-. The highest BCUT2D eigenvalue weighted by atomic mass is 16.3. The molecule has 0 aliphatic heterocycles. The van der Waals surface area contributed by atoms with Crippen molar-refractivity contribution in [3.05, 3.63) is 47.3 Å². The summed E-state index contributed by atoms with van der Waals surface area (Å²) >= 11 is 0. The highest BCUT2D eigenvalue weighted by molar-refractivity contribution is 5.93. The third-order valence-corrected chi connectivity index (χ3v) is 2.21. The van der Waals surface area contributed by atoms with E-state index >= 15 is 0 Å². The Morgan fingerprint density at radius 3 is 2.78 bits per heavy atom. The summed E-state index contributed by atoms with van der Waals surface area (Å²) in [5, 5.41) is 19.4. The third kappa shape index (κ3) is 2.94. The number of benzene rings is 1. The van der Waals surface area contributed by atoms with Crippen molar-refractivity contribution in [3.63, 3.8) is 0 Å². The summed E-state index contributed by atoms with van der Waals surface area (Å²) in [6.07, 6.45) is 1.48. The number of phenols is 1. The predicted octanol–water partition coefficient (Wildman–Crippen LogP) is 1.19. The Morgan fingerprint density at radius 1 is 1.44 bits per heavy atom. The summed E-state index contributed by atoms with van der Waals surface area (Å²) in [6.45, 7) is 1.81. The van der Waals surface area contributed by atoms with E-state index in [1.165, 1.54) is 6.21 Å². The summed E-state index contributed by atoms with van der Waals surface area (Å²) in [4.78, 5) is 11.6. The molecule has 0 aliphatic carbocycles. The van der Waals surface area contributed by atoms with Gasteiger partial charge in [-0.15, -0.1) is 0 Å². The van der Waals surface area contributed by atoms with Gasteiger partial charge < -0.3 is 5.11 Å². The Morgan fingerprint density at radius 2 is 2.17 bits per heavy atom. The molecular formula is C12H12N4O2. The van der Waals surface area contributed by atoms with Crippen molar-refractivity contribution in [1.82, 2.24) is 15.6 Å². The second-order valence-electron chi connectivity index (χ2n) is 3.73. The first-order valence-corrected chi connectivity index (χ1v) is 5.29. The normalized spacial score (nSPS) is 10.7. The number of aromatic amines is 1. The molecule has 0 bridgehead atoms. The van der Waals surface area contributed by atoms with Gasteiger partial charge in [-0.3, -0.25) is 9.89 Å². The molecule has 0 saturated heterocycles. The van der Waals surface area contributed by atoms with Gasteiger partial charge in [-0.1, -0.05) is 0 Å². The quantitative estimate of drug-likeness (QED) is 0.559. The molecule has 2 aromatic rings. The van der Waals surface area contributed by atoms with Crippen LogP contribution in [0.5, 0.6) is 5.75 Å². The first-order valence-electron chi connectivity index (χ1n) is 5.29. The zero-order valence-electron chi connectivity index (χ0n) is 9.71. The fraction of sp³-hybridized carbons (Fsp3) is 0.0833. The number of rotatable bonds is 3. The SMILES string of the molecule is Cc1cc(C(=O)N/N=C\c2ccc(O)cc2)n[nH]1. The van der Waals surface area contributed by atoms with Crippen molar-refractivity contribution in [2.24, 2.45) is 5.10 Å². The van der Waals surface area contributed by atoms with Crippen LogP contribution in [-0.4, -0.2) is 27.4 Å². The maximum absolute atomic E-state index is 11.6. The van der Waals surface area contributed by atoms with Gasteiger partial charge in [-0.25, -0.2) is 5.43 Å². The molecule has 18 heavy (non-hydrogen) atoms. The average molecular weight is 244 g/mol. The number of nitrogens with one attached hydrogen (secondary N) is 2. The number of H-pyrrole nitrogens is 1. The molecule has 2 rings (SSSR count). The van der Waals surface area contributed by atoms with E-state index < -0.39 is 0 Å². The van der Waals surface area contributed by atoms with Crippen LogP contribution in [0, 0.1) is 6.92 Å². The van der Waals surface area contributed by atoms with Crippen molar-refractivity contribution in [2.75, 3.05) is 0 Å². The number of hydrogen-bond acceptors (Lipinski definition) is 4.